The van der Waals surface area contributed by atoms with Crippen LogP contribution in [0.2, 0.25) is 0 Å². The number of nitrogens with two attached hydrogens (primary N) is 1. The number of aromatic nitrogens is 1. The van der Waals surface area contributed by atoms with Crippen molar-refractivity contribution >= 4 is 16.9 Å². The van der Waals surface area contributed by atoms with Crippen LogP contribution < -0.4 is 10.5 Å². The Morgan fingerprint density at radius 1 is 1.16 bits per heavy atom. The molecule has 0 saturated heterocycles. The number of rotatable bonds is 7. The van der Waals surface area contributed by atoms with Crippen LogP contribution in [0.3, 0.4) is 0 Å². The summed E-state index contributed by atoms with van der Waals surface area (Å²) in [6, 6.07) is 13.5. The summed E-state index contributed by atoms with van der Waals surface area (Å²) in [6.07, 6.45) is 3.40. The summed E-state index contributed by atoms with van der Waals surface area (Å²) >= 11 is 0. The molecule has 0 unspecified atom stereocenters. The van der Waals surface area contributed by atoms with Gasteiger partial charge in [-0.15, -0.1) is 0 Å². The number of ether oxygens (including phenoxy) is 1. The highest BCUT2D eigenvalue weighted by Gasteiger charge is 2.14. The number of aryl methyl sites for hydroxylation is 2. The van der Waals surface area contributed by atoms with E-state index >= 15 is 0 Å². The molecule has 158 valence electrons. The van der Waals surface area contributed by atoms with Crippen molar-refractivity contribution in [2.45, 2.75) is 33.4 Å². The SMILES string of the molecule is Cc1ccc(CC(=O)O)c(OCc2cc(-c3ccnc(CN)c3)c3occ(C)c3c2)c1. The smallest absolute Gasteiger partial charge is 0.307 e. The van der Waals surface area contributed by atoms with Gasteiger partial charge in [-0.25, -0.2) is 0 Å². The first-order valence-electron chi connectivity index (χ1n) is 10.0. The first kappa shape index (κ1) is 20.6. The van der Waals surface area contributed by atoms with Crippen LogP contribution in [0.5, 0.6) is 5.75 Å². The molecule has 0 fully saturated rings. The van der Waals surface area contributed by atoms with Crippen LogP contribution in [0.1, 0.15) is 27.9 Å². The molecule has 0 aliphatic rings. The maximum atomic E-state index is 11.2. The summed E-state index contributed by atoms with van der Waals surface area (Å²) in [5.74, 6) is -0.304. The van der Waals surface area contributed by atoms with Gasteiger partial charge in [0.15, 0.2) is 0 Å². The van der Waals surface area contributed by atoms with Crippen molar-refractivity contribution in [2.75, 3.05) is 0 Å². The standard InChI is InChI=1S/C25H24N2O4/c1-15-3-4-19(11-24(28)29)23(7-15)30-14-17-8-21-16(2)13-31-25(21)22(9-17)18-5-6-27-20(10-18)12-26/h3-10,13H,11-12,14,26H2,1-2H3,(H,28,29). The molecular weight excluding hydrogens is 392 g/mol. The molecule has 0 saturated carbocycles. The Morgan fingerprint density at radius 2 is 2.00 bits per heavy atom. The third-order valence-corrected chi connectivity index (χ3v) is 5.22. The van der Waals surface area contributed by atoms with E-state index in [1.165, 1.54) is 0 Å². The molecule has 0 spiro atoms. The first-order valence-corrected chi connectivity index (χ1v) is 10.0. The molecule has 31 heavy (non-hydrogen) atoms. The van der Waals surface area contributed by atoms with Crippen molar-refractivity contribution < 1.29 is 19.1 Å². The summed E-state index contributed by atoms with van der Waals surface area (Å²) in [6.45, 7) is 4.62. The van der Waals surface area contributed by atoms with Crippen LogP contribution in [0, 0.1) is 13.8 Å². The molecule has 6 heteroatoms. The molecular formula is C25H24N2O4. The average Bonchev–Trinajstić information content (AvgIpc) is 3.14. The van der Waals surface area contributed by atoms with Gasteiger partial charge in [-0.2, -0.15) is 0 Å². The zero-order chi connectivity index (χ0) is 22.0. The maximum absolute atomic E-state index is 11.2. The molecule has 0 aliphatic heterocycles. The molecule has 0 atom stereocenters. The van der Waals surface area contributed by atoms with Gasteiger partial charge in [0.2, 0.25) is 0 Å². The summed E-state index contributed by atoms with van der Waals surface area (Å²) < 4.78 is 11.9. The normalized spacial score (nSPS) is 11.1. The van der Waals surface area contributed by atoms with E-state index in [0.29, 0.717) is 24.5 Å². The fourth-order valence-corrected chi connectivity index (χ4v) is 3.64. The molecule has 4 rings (SSSR count). The number of hydrogen-bond donors (Lipinski definition) is 2. The monoisotopic (exact) mass is 416 g/mol. The van der Waals surface area contributed by atoms with Crippen molar-refractivity contribution in [2.24, 2.45) is 5.73 Å². The summed E-state index contributed by atoms with van der Waals surface area (Å²) in [4.78, 5) is 15.5. The Balaban J connectivity index is 1.72. The third-order valence-electron chi connectivity index (χ3n) is 5.22. The number of carbonyl (C=O) groups is 1. The molecule has 0 aliphatic carbocycles. The lowest BCUT2D eigenvalue weighted by Crippen LogP contribution is -2.05. The van der Waals surface area contributed by atoms with Crippen molar-refractivity contribution in [1.82, 2.24) is 4.98 Å². The molecule has 2 aromatic carbocycles. The number of aliphatic carboxylic acids is 1. The highest BCUT2D eigenvalue weighted by molar-refractivity contribution is 5.95. The second-order valence-corrected chi connectivity index (χ2v) is 7.65. The highest BCUT2D eigenvalue weighted by atomic mass is 16.5. The minimum absolute atomic E-state index is 0.0837. The van der Waals surface area contributed by atoms with E-state index in [2.05, 4.69) is 11.1 Å². The quantitative estimate of drug-likeness (QED) is 0.450. The number of furan rings is 1. The van der Waals surface area contributed by atoms with E-state index in [-0.39, 0.29) is 6.42 Å². The summed E-state index contributed by atoms with van der Waals surface area (Å²) in [5.41, 5.74) is 12.9. The number of hydrogen-bond acceptors (Lipinski definition) is 5. The summed E-state index contributed by atoms with van der Waals surface area (Å²) in [7, 11) is 0. The van der Waals surface area contributed by atoms with Gasteiger partial charge < -0.3 is 20.0 Å². The Labute approximate surface area is 180 Å². The molecule has 0 bridgehead atoms. The van der Waals surface area contributed by atoms with Crippen LogP contribution in [-0.2, 0) is 24.4 Å². The predicted octanol–water partition coefficient (Wildman–Crippen LogP) is 4.78. The molecule has 3 N–H and O–H groups in total. The van der Waals surface area contributed by atoms with Gasteiger partial charge in [-0.05, 0) is 66.4 Å². The van der Waals surface area contributed by atoms with Gasteiger partial charge in [0.25, 0.3) is 0 Å². The van der Waals surface area contributed by atoms with E-state index in [9.17, 15) is 9.90 Å². The van der Waals surface area contributed by atoms with E-state index in [4.69, 9.17) is 14.9 Å². The molecule has 2 aromatic heterocycles. The van der Waals surface area contributed by atoms with Crippen molar-refractivity contribution in [1.29, 1.82) is 0 Å². The molecule has 4 aromatic rings. The Morgan fingerprint density at radius 3 is 2.77 bits per heavy atom. The van der Waals surface area contributed by atoms with E-state index in [1.807, 2.05) is 44.2 Å². The minimum atomic E-state index is -0.889. The lowest BCUT2D eigenvalue weighted by atomic mass is 9.99. The van der Waals surface area contributed by atoms with Crippen molar-refractivity contribution in [3.63, 3.8) is 0 Å². The third kappa shape index (κ3) is 4.44. The van der Waals surface area contributed by atoms with Gasteiger partial charge in [0, 0.05) is 29.3 Å². The zero-order valence-corrected chi connectivity index (χ0v) is 17.5. The fraction of sp³-hybridized carbons (Fsp3) is 0.200. The van der Waals surface area contributed by atoms with Crippen LogP contribution in [0.25, 0.3) is 22.1 Å². The van der Waals surface area contributed by atoms with E-state index in [0.717, 1.165) is 44.5 Å². The topological polar surface area (TPSA) is 98.6 Å². The second kappa shape index (κ2) is 8.62. The second-order valence-electron chi connectivity index (χ2n) is 7.65. The van der Waals surface area contributed by atoms with Crippen LogP contribution in [0.4, 0.5) is 0 Å². The predicted molar refractivity (Wildman–Crippen MR) is 119 cm³/mol. The molecule has 2 heterocycles. The maximum Gasteiger partial charge on any atom is 0.307 e. The average molecular weight is 416 g/mol. The van der Waals surface area contributed by atoms with Crippen LogP contribution in [0.15, 0.2) is 59.3 Å². The largest absolute Gasteiger partial charge is 0.489 e. The van der Waals surface area contributed by atoms with Crippen molar-refractivity contribution in [3.05, 3.63) is 82.9 Å². The zero-order valence-electron chi connectivity index (χ0n) is 17.5. The molecule has 0 amide bonds. The van der Waals surface area contributed by atoms with Crippen LogP contribution in [-0.4, -0.2) is 16.1 Å². The minimum Gasteiger partial charge on any atom is -0.489 e. The first-order chi connectivity index (χ1) is 14.9. The lowest BCUT2D eigenvalue weighted by Gasteiger charge is -2.13. The Bertz CT molecular complexity index is 1260. The van der Waals surface area contributed by atoms with E-state index in [1.54, 1.807) is 18.5 Å². The number of carboxylic acid groups (broad SMARTS) is 1. The summed E-state index contributed by atoms with van der Waals surface area (Å²) in [5, 5.41) is 10.2. The van der Waals surface area contributed by atoms with Gasteiger partial charge in [0.05, 0.1) is 18.4 Å². The van der Waals surface area contributed by atoms with Crippen LogP contribution >= 0.6 is 0 Å². The molecule has 6 nitrogen and oxygen atoms in total. The number of pyridine rings is 1. The van der Waals surface area contributed by atoms with Gasteiger partial charge >= 0.3 is 5.97 Å². The Hall–Kier alpha value is -3.64. The highest BCUT2D eigenvalue weighted by Crippen LogP contribution is 2.34. The van der Waals surface area contributed by atoms with Gasteiger partial charge in [-0.1, -0.05) is 12.1 Å². The van der Waals surface area contributed by atoms with E-state index < -0.39 is 5.97 Å². The lowest BCUT2D eigenvalue weighted by molar-refractivity contribution is -0.136. The van der Waals surface area contributed by atoms with Gasteiger partial charge in [0.1, 0.15) is 17.9 Å². The van der Waals surface area contributed by atoms with Gasteiger partial charge in [-0.3, -0.25) is 9.78 Å². The number of nitrogens with zero attached hydrogens (tertiary/aromatic N) is 1. The number of fused-ring (bicyclic) bond motifs is 1. The molecule has 0 radical (unpaired) electrons. The fourth-order valence-electron chi connectivity index (χ4n) is 3.64. The van der Waals surface area contributed by atoms with Crippen molar-refractivity contribution in [3.8, 4) is 16.9 Å². The Kier molecular flexibility index (Phi) is 5.73. The number of carboxylic acids is 1. The number of benzene rings is 2.